The number of aliphatic carboxylic acids is 1. The molecule has 0 saturated heterocycles. The molecular formula is C22H24N2O5. The van der Waals surface area contributed by atoms with Crippen LogP contribution in [0.5, 0.6) is 0 Å². The first-order valence-electron chi connectivity index (χ1n) is 9.17. The summed E-state index contributed by atoms with van der Waals surface area (Å²) < 4.78 is 0. The zero-order chi connectivity index (χ0) is 21.2. The van der Waals surface area contributed by atoms with Gasteiger partial charge in [-0.15, -0.1) is 6.58 Å². The highest BCUT2D eigenvalue weighted by Crippen LogP contribution is 2.18. The summed E-state index contributed by atoms with van der Waals surface area (Å²) in [4.78, 5) is 36.5. The second kappa shape index (κ2) is 10.8. The molecule has 4 N–H and O–H groups in total. The van der Waals surface area contributed by atoms with Gasteiger partial charge in [0.15, 0.2) is 6.10 Å². The number of nitrogens with one attached hydrogen (secondary N) is 2. The van der Waals surface area contributed by atoms with E-state index in [1.807, 2.05) is 0 Å². The van der Waals surface area contributed by atoms with Gasteiger partial charge >= 0.3 is 5.97 Å². The van der Waals surface area contributed by atoms with Crippen LogP contribution < -0.4 is 10.6 Å². The van der Waals surface area contributed by atoms with E-state index in [2.05, 4.69) is 17.2 Å². The summed E-state index contributed by atoms with van der Waals surface area (Å²) in [6.07, 6.45) is 0.394. The Morgan fingerprint density at radius 2 is 1.55 bits per heavy atom. The van der Waals surface area contributed by atoms with Crippen molar-refractivity contribution in [2.75, 3.05) is 0 Å². The van der Waals surface area contributed by atoms with Crippen LogP contribution in [0.4, 0.5) is 0 Å². The summed E-state index contributed by atoms with van der Waals surface area (Å²) >= 11 is 0. The first-order chi connectivity index (χ1) is 13.9. The maximum Gasteiger partial charge on any atom is 0.326 e. The van der Waals surface area contributed by atoms with Gasteiger partial charge < -0.3 is 20.8 Å². The molecule has 0 aliphatic rings. The molecule has 0 heterocycles. The highest BCUT2D eigenvalue weighted by molar-refractivity contribution is 5.95. The smallest absolute Gasteiger partial charge is 0.326 e. The predicted molar refractivity (Wildman–Crippen MR) is 108 cm³/mol. The molecule has 3 atom stereocenters. The number of allylic oxidation sites excluding steroid dienone is 1. The summed E-state index contributed by atoms with van der Waals surface area (Å²) in [7, 11) is 0. The van der Waals surface area contributed by atoms with Gasteiger partial charge in [-0.25, -0.2) is 4.79 Å². The lowest BCUT2D eigenvalue weighted by atomic mass is 9.99. The third-order valence-corrected chi connectivity index (χ3v) is 4.34. The Labute approximate surface area is 169 Å². The lowest BCUT2D eigenvalue weighted by Crippen LogP contribution is -2.50. The van der Waals surface area contributed by atoms with Gasteiger partial charge in [0.1, 0.15) is 6.04 Å². The van der Waals surface area contributed by atoms with Gasteiger partial charge in [0, 0.05) is 5.56 Å². The molecule has 2 aromatic rings. The van der Waals surface area contributed by atoms with Gasteiger partial charge in [-0.05, 0) is 30.5 Å². The zero-order valence-corrected chi connectivity index (χ0v) is 15.8. The summed E-state index contributed by atoms with van der Waals surface area (Å²) in [6, 6.07) is 14.7. The number of aliphatic hydroxyl groups is 1. The monoisotopic (exact) mass is 396 g/mol. The molecule has 7 heteroatoms. The van der Waals surface area contributed by atoms with E-state index < -0.39 is 36.0 Å². The number of rotatable bonds is 10. The van der Waals surface area contributed by atoms with Gasteiger partial charge in [0.05, 0.1) is 6.04 Å². The Kier molecular flexibility index (Phi) is 8.12. The second-order valence-corrected chi connectivity index (χ2v) is 6.44. The number of carboxylic acids is 1. The number of benzene rings is 2. The van der Waals surface area contributed by atoms with E-state index in [1.54, 1.807) is 66.7 Å². The molecule has 0 radical (unpaired) electrons. The molecule has 0 unspecified atom stereocenters. The van der Waals surface area contributed by atoms with E-state index in [0.29, 0.717) is 17.5 Å². The maximum atomic E-state index is 12.6. The molecule has 0 saturated carbocycles. The first-order valence-corrected chi connectivity index (χ1v) is 9.17. The van der Waals surface area contributed by atoms with Gasteiger partial charge in [0.2, 0.25) is 0 Å². The standard InChI is InChI=1S/C22H24N2O5/c1-2-3-14-17(22(28)29)23-21(27)19(25)18(15-10-6-4-7-11-15)24-20(26)16-12-8-5-9-13-16/h2,4-13,17-19,25H,1,3,14H2,(H,23,27)(H,24,26)(H,28,29)/t17-,18+,19-/m1/s1. The van der Waals surface area contributed by atoms with E-state index in [-0.39, 0.29) is 6.42 Å². The van der Waals surface area contributed by atoms with Crippen LogP contribution in [-0.2, 0) is 9.59 Å². The van der Waals surface area contributed by atoms with E-state index in [1.165, 1.54) is 0 Å². The second-order valence-electron chi connectivity index (χ2n) is 6.44. The average Bonchev–Trinajstić information content (AvgIpc) is 2.75. The van der Waals surface area contributed by atoms with Crippen LogP contribution in [0.1, 0.15) is 34.8 Å². The number of amides is 2. The van der Waals surface area contributed by atoms with Crippen molar-refractivity contribution in [1.29, 1.82) is 0 Å². The molecule has 29 heavy (non-hydrogen) atoms. The Morgan fingerprint density at radius 1 is 0.966 bits per heavy atom. The number of hydrogen-bond donors (Lipinski definition) is 4. The fourth-order valence-corrected chi connectivity index (χ4v) is 2.77. The molecule has 2 amide bonds. The van der Waals surface area contributed by atoms with E-state index in [0.717, 1.165) is 0 Å². The van der Waals surface area contributed by atoms with Gasteiger partial charge in [-0.1, -0.05) is 54.6 Å². The number of aliphatic hydroxyl groups excluding tert-OH is 1. The lowest BCUT2D eigenvalue weighted by Gasteiger charge is -2.25. The van der Waals surface area contributed by atoms with E-state index in [4.69, 9.17) is 0 Å². The molecule has 0 bridgehead atoms. The molecule has 152 valence electrons. The largest absolute Gasteiger partial charge is 0.480 e. The number of carbonyl (C=O) groups excluding carboxylic acids is 2. The Bertz CT molecular complexity index is 839. The van der Waals surface area contributed by atoms with Crippen molar-refractivity contribution in [2.24, 2.45) is 0 Å². The minimum atomic E-state index is -1.68. The van der Waals surface area contributed by atoms with Crippen molar-refractivity contribution in [2.45, 2.75) is 31.0 Å². The number of carboxylic acid groups (broad SMARTS) is 1. The summed E-state index contributed by atoms with van der Waals surface area (Å²) in [5.74, 6) is -2.56. The summed E-state index contributed by atoms with van der Waals surface area (Å²) in [5.41, 5.74) is 0.882. The minimum Gasteiger partial charge on any atom is -0.480 e. The number of carbonyl (C=O) groups is 3. The zero-order valence-electron chi connectivity index (χ0n) is 15.8. The first kappa shape index (κ1) is 21.8. The van der Waals surface area contributed by atoms with Crippen LogP contribution in [0.15, 0.2) is 73.3 Å². The van der Waals surface area contributed by atoms with Crippen molar-refractivity contribution in [3.05, 3.63) is 84.4 Å². The summed E-state index contributed by atoms with van der Waals surface area (Å²) in [5, 5.41) is 24.9. The molecular weight excluding hydrogens is 372 g/mol. The third kappa shape index (κ3) is 6.29. The fraction of sp³-hybridized carbons (Fsp3) is 0.227. The Morgan fingerprint density at radius 3 is 2.10 bits per heavy atom. The quantitative estimate of drug-likeness (QED) is 0.459. The van der Waals surface area contributed by atoms with Gasteiger partial charge in [-0.2, -0.15) is 0 Å². The molecule has 0 fully saturated rings. The van der Waals surface area contributed by atoms with Crippen LogP contribution in [0, 0.1) is 0 Å². The van der Waals surface area contributed by atoms with E-state index >= 15 is 0 Å². The highest BCUT2D eigenvalue weighted by atomic mass is 16.4. The van der Waals surface area contributed by atoms with Crippen molar-refractivity contribution in [3.63, 3.8) is 0 Å². The molecule has 7 nitrogen and oxygen atoms in total. The lowest BCUT2D eigenvalue weighted by molar-refractivity contribution is -0.144. The average molecular weight is 396 g/mol. The van der Waals surface area contributed by atoms with E-state index in [9.17, 15) is 24.6 Å². The maximum absolute atomic E-state index is 12.6. The van der Waals surface area contributed by atoms with Crippen LogP contribution >= 0.6 is 0 Å². The van der Waals surface area contributed by atoms with Crippen LogP contribution in [0.2, 0.25) is 0 Å². The normalized spacial score (nSPS) is 13.6. The van der Waals surface area contributed by atoms with Crippen molar-refractivity contribution in [3.8, 4) is 0 Å². The molecule has 2 aromatic carbocycles. The molecule has 0 aromatic heterocycles. The Balaban J connectivity index is 2.21. The van der Waals surface area contributed by atoms with Crippen LogP contribution in [0.3, 0.4) is 0 Å². The third-order valence-electron chi connectivity index (χ3n) is 4.34. The molecule has 0 aliphatic heterocycles. The topological polar surface area (TPSA) is 116 Å². The molecule has 0 spiro atoms. The van der Waals surface area contributed by atoms with Gasteiger partial charge in [0.25, 0.3) is 11.8 Å². The van der Waals surface area contributed by atoms with Crippen molar-refractivity contribution < 1.29 is 24.6 Å². The van der Waals surface area contributed by atoms with Gasteiger partial charge in [-0.3, -0.25) is 9.59 Å². The minimum absolute atomic E-state index is 0.143. The fourth-order valence-electron chi connectivity index (χ4n) is 2.77. The SMILES string of the molecule is C=CCC[C@@H](NC(=O)[C@H](O)[C@@H](NC(=O)c1ccccc1)c1ccccc1)C(=O)O. The highest BCUT2D eigenvalue weighted by Gasteiger charge is 2.31. The number of hydrogen-bond acceptors (Lipinski definition) is 4. The Hall–Kier alpha value is -3.45. The van der Waals surface area contributed by atoms with Crippen LogP contribution in [-0.4, -0.2) is 40.1 Å². The van der Waals surface area contributed by atoms with Crippen molar-refractivity contribution >= 4 is 17.8 Å². The summed E-state index contributed by atoms with van der Waals surface area (Å²) in [6.45, 7) is 3.53. The molecule has 2 rings (SSSR count). The van der Waals surface area contributed by atoms with Crippen molar-refractivity contribution in [1.82, 2.24) is 10.6 Å². The molecule has 0 aliphatic carbocycles. The van der Waals surface area contributed by atoms with Crippen LogP contribution in [0.25, 0.3) is 0 Å². The predicted octanol–water partition coefficient (Wildman–Crippen LogP) is 2.05.